The van der Waals surface area contributed by atoms with E-state index in [0.717, 1.165) is 63.4 Å². The first kappa shape index (κ1) is 28.1. The Hall–Kier alpha value is -2.93. The molecule has 0 spiro atoms. The van der Waals surface area contributed by atoms with Crippen molar-refractivity contribution in [1.29, 1.82) is 5.26 Å². The minimum Gasteiger partial charge on any atom is -0.355 e. The summed E-state index contributed by atoms with van der Waals surface area (Å²) >= 11 is 6.82. The molecule has 38 heavy (non-hydrogen) atoms. The van der Waals surface area contributed by atoms with Gasteiger partial charge in [0.25, 0.3) is 11.5 Å². The van der Waals surface area contributed by atoms with Gasteiger partial charge < -0.3 is 4.90 Å². The van der Waals surface area contributed by atoms with Crippen molar-refractivity contribution in [1.82, 2.24) is 14.4 Å². The lowest BCUT2D eigenvalue weighted by Crippen LogP contribution is -2.48. The minimum atomic E-state index is -0.263. The number of benzene rings is 1. The number of thiocarbonyl (C=S) groups is 1. The van der Waals surface area contributed by atoms with Crippen LogP contribution in [0.3, 0.4) is 0 Å². The second-order valence-electron chi connectivity index (χ2n) is 9.74. The Balaban J connectivity index is 1.72. The molecule has 9 heteroatoms. The Kier molecular flexibility index (Phi) is 9.42. The number of amides is 1. The van der Waals surface area contributed by atoms with E-state index in [4.69, 9.17) is 12.2 Å². The van der Waals surface area contributed by atoms with Crippen LogP contribution in [-0.4, -0.2) is 57.3 Å². The molecule has 1 aromatic heterocycles. The van der Waals surface area contributed by atoms with Gasteiger partial charge in [-0.15, -0.1) is 0 Å². The molecule has 1 aromatic carbocycles. The first-order chi connectivity index (χ1) is 18.4. The summed E-state index contributed by atoms with van der Waals surface area (Å²) in [6.45, 7) is 11.1. The maximum atomic E-state index is 13.4. The lowest BCUT2D eigenvalue weighted by Gasteiger charge is -2.38. The van der Waals surface area contributed by atoms with Gasteiger partial charge in [-0.05, 0) is 37.0 Å². The quantitative estimate of drug-likeness (QED) is 0.330. The standard InChI is InChI=1S/C29H35N5O2S2/c1-4-6-13-34-28(36)25(38-29(34)37)18-23-21(3)24(19-30)27(35)33(12-5-2)26(23)32-16-14-31(15-17-32)20-22-10-8-7-9-11-22/h7-11,18H,4-6,12-17,20H2,1-3H3. The zero-order chi connectivity index (χ0) is 27.2. The first-order valence-corrected chi connectivity index (χ1v) is 14.6. The second kappa shape index (κ2) is 12.7. The number of hydrogen-bond donors (Lipinski definition) is 0. The molecule has 0 atom stereocenters. The van der Waals surface area contributed by atoms with Crippen molar-refractivity contribution in [2.24, 2.45) is 0 Å². The van der Waals surface area contributed by atoms with Crippen molar-refractivity contribution in [3.8, 4) is 6.07 Å². The van der Waals surface area contributed by atoms with Crippen LogP contribution in [0.25, 0.3) is 6.08 Å². The van der Waals surface area contributed by atoms with Crippen LogP contribution in [0.15, 0.2) is 40.0 Å². The van der Waals surface area contributed by atoms with Crippen molar-refractivity contribution in [3.63, 3.8) is 0 Å². The topological polar surface area (TPSA) is 72.6 Å². The molecule has 7 nitrogen and oxygen atoms in total. The average molecular weight is 550 g/mol. The monoisotopic (exact) mass is 549 g/mol. The van der Waals surface area contributed by atoms with Gasteiger partial charge in [0.2, 0.25) is 0 Å². The minimum absolute atomic E-state index is 0.0989. The number of anilines is 1. The van der Waals surface area contributed by atoms with Crippen LogP contribution < -0.4 is 10.5 Å². The van der Waals surface area contributed by atoms with Gasteiger partial charge in [-0.1, -0.05) is 74.6 Å². The van der Waals surface area contributed by atoms with Crippen molar-refractivity contribution >= 4 is 46.1 Å². The summed E-state index contributed by atoms with van der Waals surface area (Å²) in [5.74, 6) is 0.699. The van der Waals surface area contributed by atoms with Crippen LogP contribution in [0.4, 0.5) is 5.82 Å². The Morgan fingerprint density at radius 2 is 1.76 bits per heavy atom. The van der Waals surface area contributed by atoms with E-state index in [2.05, 4.69) is 47.1 Å². The summed E-state index contributed by atoms with van der Waals surface area (Å²) < 4.78 is 2.30. The van der Waals surface area contributed by atoms with Gasteiger partial charge in [-0.3, -0.25) is 24.0 Å². The summed E-state index contributed by atoms with van der Waals surface area (Å²) in [4.78, 5) is 33.6. The zero-order valence-electron chi connectivity index (χ0n) is 22.4. The van der Waals surface area contributed by atoms with E-state index in [0.29, 0.717) is 27.9 Å². The van der Waals surface area contributed by atoms with Gasteiger partial charge in [-0.25, -0.2) is 0 Å². The Morgan fingerprint density at radius 3 is 2.39 bits per heavy atom. The highest BCUT2D eigenvalue weighted by Gasteiger charge is 2.33. The third-order valence-corrected chi connectivity index (χ3v) is 8.48. The molecule has 2 fully saturated rings. The zero-order valence-corrected chi connectivity index (χ0v) is 24.0. The molecule has 3 heterocycles. The third kappa shape index (κ3) is 5.88. The number of rotatable bonds is 9. The molecule has 2 aromatic rings. The number of piperazine rings is 1. The molecular formula is C29H35N5O2S2. The Labute approximate surface area is 234 Å². The number of thioether (sulfide) groups is 1. The summed E-state index contributed by atoms with van der Waals surface area (Å²) in [6, 6.07) is 12.6. The summed E-state index contributed by atoms with van der Waals surface area (Å²) in [5.41, 5.74) is 2.54. The maximum Gasteiger partial charge on any atom is 0.270 e. The van der Waals surface area contributed by atoms with Crippen LogP contribution in [0, 0.1) is 18.3 Å². The van der Waals surface area contributed by atoms with Gasteiger partial charge in [0.05, 0.1) is 4.91 Å². The summed E-state index contributed by atoms with van der Waals surface area (Å²) in [7, 11) is 0. The van der Waals surface area contributed by atoms with E-state index >= 15 is 0 Å². The normalized spacial score (nSPS) is 17.5. The predicted molar refractivity (Wildman–Crippen MR) is 159 cm³/mol. The van der Waals surface area contributed by atoms with E-state index in [-0.39, 0.29) is 17.0 Å². The number of hydrogen-bond acceptors (Lipinski definition) is 7. The molecule has 1 amide bonds. The van der Waals surface area contributed by atoms with Gasteiger partial charge in [0.15, 0.2) is 0 Å². The van der Waals surface area contributed by atoms with E-state index < -0.39 is 0 Å². The van der Waals surface area contributed by atoms with Crippen LogP contribution in [0.1, 0.15) is 55.4 Å². The fourth-order valence-corrected chi connectivity index (χ4v) is 6.31. The second-order valence-corrected chi connectivity index (χ2v) is 11.4. The largest absolute Gasteiger partial charge is 0.355 e. The molecule has 0 N–H and O–H groups in total. The number of nitrogens with zero attached hydrogens (tertiary/aromatic N) is 5. The van der Waals surface area contributed by atoms with Gasteiger partial charge in [0.1, 0.15) is 21.8 Å². The van der Waals surface area contributed by atoms with Crippen molar-refractivity contribution in [2.75, 3.05) is 37.6 Å². The van der Waals surface area contributed by atoms with Crippen LogP contribution >= 0.6 is 24.0 Å². The fourth-order valence-electron chi connectivity index (χ4n) is 5.02. The fraction of sp³-hybridized carbons (Fsp3) is 0.448. The van der Waals surface area contributed by atoms with E-state index in [1.165, 1.54) is 17.3 Å². The Morgan fingerprint density at radius 1 is 1.05 bits per heavy atom. The Bertz CT molecular complexity index is 1320. The molecule has 0 unspecified atom stereocenters. The van der Waals surface area contributed by atoms with Crippen molar-refractivity contribution in [3.05, 3.63) is 67.8 Å². The molecular weight excluding hydrogens is 514 g/mol. The van der Waals surface area contributed by atoms with Crippen LogP contribution in [-0.2, 0) is 17.9 Å². The highest BCUT2D eigenvalue weighted by Crippen LogP contribution is 2.36. The predicted octanol–water partition coefficient (Wildman–Crippen LogP) is 4.76. The molecule has 2 aliphatic heterocycles. The molecule has 200 valence electrons. The van der Waals surface area contributed by atoms with Gasteiger partial charge in [0, 0.05) is 51.4 Å². The summed E-state index contributed by atoms with van der Waals surface area (Å²) in [6.07, 6.45) is 4.48. The summed E-state index contributed by atoms with van der Waals surface area (Å²) in [5, 5.41) is 9.88. The molecule has 2 saturated heterocycles. The molecule has 2 aliphatic rings. The number of carbonyl (C=O) groups excluding carboxylic acids is 1. The van der Waals surface area contributed by atoms with E-state index in [9.17, 15) is 14.9 Å². The number of pyridine rings is 1. The van der Waals surface area contributed by atoms with Crippen molar-refractivity contribution < 1.29 is 4.79 Å². The average Bonchev–Trinajstić information content (AvgIpc) is 3.19. The van der Waals surface area contributed by atoms with Crippen LogP contribution in [0.2, 0.25) is 0 Å². The van der Waals surface area contributed by atoms with Crippen LogP contribution in [0.5, 0.6) is 0 Å². The van der Waals surface area contributed by atoms with Gasteiger partial charge in [-0.2, -0.15) is 5.26 Å². The molecule has 4 rings (SSSR count). The molecule has 0 bridgehead atoms. The maximum absolute atomic E-state index is 13.4. The van der Waals surface area contributed by atoms with Crippen molar-refractivity contribution in [2.45, 2.75) is 53.1 Å². The number of nitriles is 1. The number of unbranched alkanes of at least 4 members (excludes halogenated alkanes) is 1. The van der Waals surface area contributed by atoms with E-state index in [1.54, 1.807) is 9.47 Å². The highest BCUT2D eigenvalue weighted by molar-refractivity contribution is 8.26. The smallest absolute Gasteiger partial charge is 0.270 e. The number of aromatic nitrogens is 1. The SMILES string of the molecule is CCCCN1C(=O)C(=Cc2c(C)c(C#N)c(=O)n(CCC)c2N2CCN(Cc3ccccc3)CC2)SC1=S. The number of carbonyl (C=O) groups is 1. The lowest BCUT2D eigenvalue weighted by molar-refractivity contribution is -0.122. The van der Waals surface area contributed by atoms with Gasteiger partial charge >= 0.3 is 0 Å². The highest BCUT2D eigenvalue weighted by atomic mass is 32.2. The molecule has 0 aliphatic carbocycles. The molecule has 0 saturated carbocycles. The third-order valence-electron chi connectivity index (χ3n) is 7.10. The lowest BCUT2D eigenvalue weighted by atomic mass is 10.0. The molecule has 0 radical (unpaired) electrons. The van der Waals surface area contributed by atoms with E-state index in [1.807, 2.05) is 26.0 Å². The first-order valence-electron chi connectivity index (χ1n) is 13.3.